The average Bonchev–Trinajstić information content (AvgIpc) is 2.29. The summed E-state index contributed by atoms with van der Waals surface area (Å²) in [5.41, 5.74) is 2.19. The van der Waals surface area contributed by atoms with Gasteiger partial charge < -0.3 is 0 Å². The molecular formula is C14H18O. The maximum absolute atomic E-state index is 10.5. The lowest BCUT2D eigenvalue weighted by Crippen LogP contribution is -2.11. The molecular weight excluding hydrogens is 184 g/mol. The zero-order valence-corrected chi connectivity index (χ0v) is 9.28. The molecule has 1 aliphatic rings. The molecule has 1 fully saturated rings. The SMILES string of the molecule is CC1CCCC(c2ccc(C=O)cc2)C1. The zero-order chi connectivity index (χ0) is 10.7. The molecule has 1 aromatic carbocycles. The van der Waals surface area contributed by atoms with Gasteiger partial charge in [0.05, 0.1) is 0 Å². The minimum Gasteiger partial charge on any atom is -0.298 e. The van der Waals surface area contributed by atoms with Crippen LogP contribution < -0.4 is 0 Å². The number of benzene rings is 1. The third kappa shape index (κ3) is 2.47. The third-order valence-electron chi connectivity index (χ3n) is 3.48. The van der Waals surface area contributed by atoms with Crippen LogP contribution in [0.3, 0.4) is 0 Å². The maximum Gasteiger partial charge on any atom is 0.150 e. The van der Waals surface area contributed by atoms with Crippen molar-refractivity contribution in [1.29, 1.82) is 0 Å². The highest BCUT2D eigenvalue weighted by Crippen LogP contribution is 2.35. The van der Waals surface area contributed by atoms with E-state index >= 15 is 0 Å². The van der Waals surface area contributed by atoms with Crippen molar-refractivity contribution in [3.63, 3.8) is 0 Å². The summed E-state index contributed by atoms with van der Waals surface area (Å²) in [6.07, 6.45) is 6.25. The van der Waals surface area contributed by atoms with Crippen LogP contribution >= 0.6 is 0 Å². The highest BCUT2D eigenvalue weighted by atomic mass is 16.1. The van der Waals surface area contributed by atoms with Gasteiger partial charge in [0.1, 0.15) is 6.29 Å². The van der Waals surface area contributed by atoms with Crippen LogP contribution in [-0.2, 0) is 0 Å². The molecule has 0 aromatic heterocycles. The Morgan fingerprint density at radius 2 is 1.93 bits per heavy atom. The van der Waals surface area contributed by atoms with Gasteiger partial charge in [-0.15, -0.1) is 0 Å². The molecule has 1 heteroatoms. The molecule has 1 saturated carbocycles. The van der Waals surface area contributed by atoms with E-state index in [-0.39, 0.29) is 0 Å². The van der Waals surface area contributed by atoms with E-state index in [2.05, 4.69) is 19.1 Å². The predicted octanol–water partition coefficient (Wildman–Crippen LogP) is 3.79. The van der Waals surface area contributed by atoms with Crippen LogP contribution in [-0.4, -0.2) is 6.29 Å². The smallest absolute Gasteiger partial charge is 0.150 e. The van der Waals surface area contributed by atoms with Gasteiger partial charge in [0, 0.05) is 5.56 Å². The molecule has 0 heterocycles. The minimum atomic E-state index is 0.717. The average molecular weight is 202 g/mol. The Balaban J connectivity index is 2.11. The number of carbonyl (C=O) groups is 1. The molecule has 2 atom stereocenters. The highest BCUT2D eigenvalue weighted by molar-refractivity contribution is 5.74. The van der Waals surface area contributed by atoms with E-state index < -0.39 is 0 Å². The summed E-state index contributed by atoms with van der Waals surface area (Å²) in [6.45, 7) is 2.34. The standard InChI is InChI=1S/C14H18O/c1-11-3-2-4-14(9-11)13-7-5-12(10-15)6-8-13/h5-8,10-11,14H,2-4,9H2,1H3. The largest absolute Gasteiger partial charge is 0.298 e. The van der Waals surface area contributed by atoms with Gasteiger partial charge >= 0.3 is 0 Å². The van der Waals surface area contributed by atoms with Gasteiger partial charge in [0.15, 0.2) is 0 Å². The Bertz CT molecular complexity index is 326. The molecule has 0 amide bonds. The number of carbonyl (C=O) groups excluding carboxylic acids is 1. The van der Waals surface area contributed by atoms with Crippen molar-refractivity contribution in [3.8, 4) is 0 Å². The first-order valence-corrected chi connectivity index (χ1v) is 5.84. The van der Waals surface area contributed by atoms with Crippen LogP contribution in [0.5, 0.6) is 0 Å². The summed E-state index contributed by atoms with van der Waals surface area (Å²) in [5, 5.41) is 0. The van der Waals surface area contributed by atoms with E-state index in [0.29, 0.717) is 0 Å². The van der Waals surface area contributed by atoms with Crippen LogP contribution in [0.15, 0.2) is 24.3 Å². The Morgan fingerprint density at radius 1 is 1.20 bits per heavy atom. The van der Waals surface area contributed by atoms with Crippen molar-refractivity contribution in [2.75, 3.05) is 0 Å². The number of aldehydes is 1. The Kier molecular flexibility index (Phi) is 3.20. The maximum atomic E-state index is 10.5. The highest BCUT2D eigenvalue weighted by Gasteiger charge is 2.19. The van der Waals surface area contributed by atoms with Crippen molar-refractivity contribution in [3.05, 3.63) is 35.4 Å². The predicted molar refractivity (Wildman–Crippen MR) is 62.2 cm³/mol. The topological polar surface area (TPSA) is 17.1 Å². The fourth-order valence-corrected chi connectivity index (χ4v) is 2.58. The van der Waals surface area contributed by atoms with Crippen molar-refractivity contribution < 1.29 is 4.79 Å². The molecule has 0 bridgehead atoms. The summed E-state index contributed by atoms with van der Waals surface area (Å²) in [6, 6.07) is 8.10. The van der Waals surface area contributed by atoms with Crippen LogP contribution in [0.1, 0.15) is 54.4 Å². The van der Waals surface area contributed by atoms with Crippen molar-refractivity contribution in [2.45, 2.75) is 38.5 Å². The van der Waals surface area contributed by atoms with E-state index in [4.69, 9.17) is 0 Å². The summed E-state index contributed by atoms with van der Waals surface area (Å²) < 4.78 is 0. The number of hydrogen-bond donors (Lipinski definition) is 0. The van der Waals surface area contributed by atoms with Crippen LogP contribution in [0, 0.1) is 5.92 Å². The lowest BCUT2D eigenvalue weighted by atomic mass is 9.79. The third-order valence-corrected chi connectivity index (χ3v) is 3.48. The summed E-state index contributed by atoms with van der Waals surface area (Å²) >= 11 is 0. The molecule has 1 aromatic rings. The molecule has 1 aliphatic carbocycles. The second kappa shape index (κ2) is 4.61. The zero-order valence-electron chi connectivity index (χ0n) is 9.28. The Hall–Kier alpha value is -1.11. The normalized spacial score (nSPS) is 26.2. The van der Waals surface area contributed by atoms with E-state index in [1.54, 1.807) is 0 Å². The van der Waals surface area contributed by atoms with Gasteiger partial charge in [0.2, 0.25) is 0 Å². The number of hydrogen-bond acceptors (Lipinski definition) is 1. The van der Waals surface area contributed by atoms with E-state index in [1.165, 1.54) is 31.2 Å². The minimum absolute atomic E-state index is 0.717. The van der Waals surface area contributed by atoms with Crippen LogP contribution in [0.25, 0.3) is 0 Å². The second-order valence-corrected chi connectivity index (χ2v) is 4.75. The lowest BCUT2D eigenvalue weighted by Gasteiger charge is -2.27. The summed E-state index contributed by atoms with van der Waals surface area (Å²) in [4.78, 5) is 10.5. The van der Waals surface area contributed by atoms with E-state index in [0.717, 1.165) is 23.7 Å². The lowest BCUT2D eigenvalue weighted by molar-refractivity contribution is 0.112. The van der Waals surface area contributed by atoms with Gasteiger partial charge in [-0.1, -0.05) is 44.0 Å². The van der Waals surface area contributed by atoms with Gasteiger partial charge in [0.25, 0.3) is 0 Å². The second-order valence-electron chi connectivity index (χ2n) is 4.75. The van der Waals surface area contributed by atoms with Crippen molar-refractivity contribution >= 4 is 6.29 Å². The molecule has 2 unspecified atom stereocenters. The summed E-state index contributed by atoms with van der Waals surface area (Å²) in [5.74, 6) is 1.57. The van der Waals surface area contributed by atoms with Crippen molar-refractivity contribution in [2.24, 2.45) is 5.92 Å². The quantitative estimate of drug-likeness (QED) is 0.667. The molecule has 1 nitrogen and oxygen atoms in total. The van der Waals surface area contributed by atoms with Gasteiger partial charge in [-0.25, -0.2) is 0 Å². The fraction of sp³-hybridized carbons (Fsp3) is 0.500. The van der Waals surface area contributed by atoms with Crippen LogP contribution in [0.2, 0.25) is 0 Å². The van der Waals surface area contributed by atoms with Gasteiger partial charge in [-0.2, -0.15) is 0 Å². The monoisotopic (exact) mass is 202 g/mol. The molecule has 80 valence electrons. The molecule has 0 aliphatic heterocycles. The van der Waals surface area contributed by atoms with E-state index in [1.807, 2.05) is 12.1 Å². The Morgan fingerprint density at radius 3 is 2.53 bits per heavy atom. The molecule has 0 saturated heterocycles. The fourth-order valence-electron chi connectivity index (χ4n) is 2.58. The molecule has 0 spiro atoms. The Labute approximate surface area is 91.5 Å². The van der Waals surface area contributed by atoms with Crippen molar-refractivity contribution in [1.82, 2.24) is 0 Å². The number of rotatable bonds is 2. The molecule has 2 rings (SSSR count). The molecule has 0 N–H and O–H groups in total. The first kappa shape index (κ1) is 10.4. The molecule has 15 heavy (non-hydrogen) atoms. The van der Waals surface area contributed by atoms with Gasteiger partial charge in [-0.05, 0) is 30.2 Å². The summed E-state index contributed by atoms with van der Waals surface area (Å²) in [7, 11) is 0. The van der Waals surface area contributed by atoms with Crippen LogP contribution in [0.4, 0.5) is 0 Å². The van der Waals surface area contributed by atoms with E-state index in [9.17, 15) is 4.79 Å². The molecule has 0 radical (unpaired) electrons. The first-order chi connectivity index (χ1) is 7.29. The van der Waals surface area contributed by atoms with Gasteiger partial charge in [-0.3, -0.25) is 4.79 Å². The first-order valence-electron chi connectivity index (χ1n) is 5.84.